The van der Waals surface area contributed by atoms with Crippen LogP contribution in [-0.4, -0.2) is 39.6 Å². The minimum absolute atomic E-state index is 0.155. The van der Waals surface area contributed by atoms with Crippen molar-refractivity contribution in [2.75, 3.05) is 7.11 Å². The Morgan fingerprint density at radius 2 is 2.12 bits per heavy atom. The number of esters is 1. The van der Waals surface area contributed by atoms with Crippen LogP contribution in [0.5, 0.6) is 0 Å². The third-order valence-electron chi connectivity index (χ3n) is 4.34. The van der Waals surface area contributed by atoms with Crippen molar-refractivity contribution < 1.29 is 18.8 Å². The Kier molecular flexibility index (Phi) is 5.06. The zero-order valence-corrected chi connectivity index (χ0v) is 14.0. The Hall–Kier alpha value is -2.77. The monoisotopic (exact) mass is 344 g/mol. The number of hydrogen-bond donors (Lipinski definition) is 1. The number of carbonyl (C=O) groups is 2. The van der Waals surface area contributed by atoms with Crippen molar-refractivity contribution in [1.29, 1.82) is 0 Å². The summed E-state index contributed by atoms with van der Waals surface area (Å²) in [6, 6.07) is 5.41. The van der Waals surface area contributed by atoms with Gasteiger partial charge < -0.3 is 14.6 Å². The maximum Gasteiger partial charge on any atom is 0.331 e. The molecule has 0 unspecified atom stereocenters. The molecule has 1 aliphatic carbocycles. The lowest BCUT2D eigenvalue weighted by atomic mass is 9.97. The first-order chi connectivity index (χ1) is 12.1. The smallest absolute Gasteiger partial charge is 0.331 e. The van der Waals surface area contributed by atoms with Gasteiger partial charge in [0.25, 0.3) is 0 Å². The van der Waals surface area contributed by atoms with Crippen LogP contribution in [0.2, 0.25) is 0 Å². The summed E-state index contributed by atoms with van der Waals surface area (Å²) in [7, 11) is 1.34. The number of carbonyl (C=O) groups excluding carboxylic acids is 2. The van der Waals surface area contributed by atoms with E-state index in [1.165, 1.54) is 7.11 Å². The third kappa shape index (κ3) is 3.84. The molecule has 0 aromatic carbocycles. The number of rotatable bonds is 6. The van der Waals surface area contributed by atoms with Gasteiger partial charge in [-0.2, -0.15) is 4.98 Å². The second-order valence-corrected chi connectivity index (χ2v) is 6.06. The predicted octanol–water partition coefficient (Wildman–Crippen LogP) is 1.67. The molecule has 2 heterocycles. The van der Waals surface area contributed by atoms with Gasteiger partial charge in [-0.3, -0.25) is 9.78 Å². The molecule has 1 fully saturated rings. The van der Waals surface area contributed by atoms with Gasteiger partial charge in [0.2, 0.25) is 17.6 Å². The van der Waals surface area contributed by atoms with Crippen LogP contribution in [0, 0.1) is 0 Å². The number of ether oxygens (including phenoxy) is 1. The second kappa shape index (κ2) is 7.42. The van der Waals surface area contributed by atoms with Crippen LogP contribution in [0.4, 0.5) is 0 Å². The van der Waals surface area contributed by atoms with Crippen molar-refractivity contribution in [3.8, 4) is 11.5 Å². The minimum Gasteiger partial charge on any atom is -0.467 e. The van der Waals surface area contributed by atoms with Gasteiger partial charge in [-0.25, -0.2) is 4.79 Å². The summed E-state index contributed by atoms with van der Waals surface area (Å²) in [4.78, 5) is 32.7. The summed E-state index contributed by atoms with van der Waals surface area (Å²) in [5, 5.41) is 6.70. The molecule has 0 atom stereocenters. The van der Waals surface area contributed by atoms with Crippen LogP contribution in [0.25, 0.3) is 11.5 Å². The summed E-state index contributed by atoms with van der Waals surface area (Å²) < 4.78 is 10.0. The zero-order valence-electron chi connectivity index (χ0n) is 14.0. The van der Waals surface area contributed by atoms with Gasteiger partial charge >= 0.3 is 5.97 Å². The highest BCUT2D eigenvalue weighted by atomic mass is 16.5. The van der Waals surface area contributed by atoms with Crippen molar-refractivity contribution >= 4 is 11.9 Å². The van der Waals surface area contributed by atoms with Crippen LogP contribution < -0.4 is 5.32 Å². The van der Waals surface area contributed by atoms with Gasteiger partial charge in [-0.1, -0.05) is 24.1 Å². The largest absolute Gasteiger partial charge is 0.467 e. The molecule has 0 bridgehead atoms. The van der Waals surface area contributed by atoms with Crippen LogP contribution in [0.15, 0.2) is 28.9 Å². The first-order valence-electron chi connectivity index (χ1n) is 8.26. The van der Waals surface area contributed by atoms with E-state index in [1.54, 1.807) is 18.3 Å². The number of nitrogens with zero attached hydrogens (tertiary/aromatic N) is 3. The van der Waals surface area contributed by atoms with Gasteiger partial charge in [-0.15, -0.1) is 0 Å². The van der Waals surface area contributed by atoms with E-state index in [9.17, 15) is 9.59 Å². The molecule has 1 saturated carbocycles. The van der Waals surface area contributed by atoms with Crippen molar-refractivity contribution in [1.82, 2.24) is 20.4 Å². The average Bonchev–Trinajstić information content (AvgIpc) is 3.30. The minimum atomic E-state index is -0.889. The van der Waals surface area contributed by atoms with Gasteiger partial charge in [0.05, 0.1) is 7.11 Å². The summed E-state index contributed by atoms with van der Waals surface area (Å²) in [5.41, 5.74) is -0.280. The van der Waals surface area contributed by atoms with Gasteiger partial charge in [0.15, 0.2) is 0 Å². The fourth-order valence-electron chi connectivity index (χ4n) is 3.06. The lowest BCUT2D eigenvalue weighted by molar-refractivity contribution is -0.150. The van der Waals surface area contributed by atoms with Crippen LogP contribution >= 0.6 is 0 Å². The Balaban J connectivity index is 1.57. The second-order valence-electron chi connectivity index (χ2n) is 6.06. The van der Waals surface area contributed by atoms with Crippen LogP contribution in [0.1, 0.15) is 38.0 Å². The van der Waals surface area contributed by atoms with E-state index in [0.717, 1.165) is 12.8 Å². The Bertz CT molecular complexity index is 738. The molecule has 3 rings (SSSR count). The molecule has 8 nitrogen and oxygen atoms in total. The average molecular weight is 344 g/mol. The van der Waals surface area contributed by atoms with E-state index < -0.39 is 5.54 Å². The highest BCUT2D eigenvalue weighted by Gasteiger charge is 2.43. The quantitative estimate of drug-likeness (QED) is 0.794. The standard InChI is InChI=1S/C17H20N4O4/c1-24-16(23)17(9-3-4-10-17)20-13(22)7-8-14-19-15(21-25-14)12-6-2-5-11-18-12/h2,5-6,11H,3-4,7-10H2,1H3,(H,20,22). The number of pyridine rings is 1. The third-order valence-corrected chi connectivity index (χ3v) is 4.34. The van der Waals surface area contributed by atoms with E-state index >= 15 is 0 Å². The molecule has 1 amide bonds. The number of amides is 1. The van der Waals surface area contributed by atoms with Crippen molar-refractivity contribution in [3.05, 3.63) is 30.3 Å². The normalized spacial score (nSPS) is 15.7. The molecule has 1 aliphatic rings. The Morgan fingerprint density at radius 3 is 2.80 bits per heavy atom. The maximum atomic E-state index is 12.3. The van der Waals surface area contributed by atoms with E-state index in [2.05, 4.69) is 20.4 Å². The van der Waals surface area contributed by atoms with E-state index in [0.29, 0.717) is 36.7 Å². The maximum absolute atomic E-state index is 12.3. The molecule has 2 aromatic heterocycles. The first kappa shape index (κ1) is 17.1. The Morgan fingerprint density at radius 1 is 1.32 bits per heavy atom. The summed E-state index contributed by atoms with van der Waals surface area (Å²) in [6.07, 6.45) is 5.10. The van der Waals surface area contributed by atoms with E-state index in [4.69, 9.17) is 9.26 Å². The first-order valence-corrected chi connectivity index (χ1v) is 8.26. The molecule has 0 saturated heterocycles. The molecular weight excluding hydrogens is 324 g/mol. The fourth-order valence-corrected chi connectivity index (χ4v) is 3.06. The molecule has 0 radical (unpaired) electrons. The molecule has 8 heteroatoms. The summed E-state index contributed by atoms with van der Waals surface area (Å²) in [6.45, 7) is 0. The van der Waals surface area contributed by atoms with Gasteiger partial charge in [-0.05, 0) is 25.0 Å². The Labute approximate surface area is 145 Å². The van der Waals surface area contributed by atoms with Crippen molar-refractivity contribution in [2.45, 2.75) is 44.1 Å². The predicted molar refractivity (Wildman–Crippen MR) is 87.2 cm³/mol. The van der Waals surface area contributed by atoms with Crippen LogP contribution in [0.3, 0.4) is 0 Å². The van der Waals surface area contributed by atoms with Crippen LogP contribution in [-0.2, 0) is 20.7 Å². The van der Waals surface area contributed by atoms with E-state index in [-0.39, 0.29) is 18.3 Å². The number of nitrogens with one attached hydrogen (secondary N) is 1. The van der Waals surface area contributed by atoms with Crippen molar-refractivity contribution in [2.24, 2.45) is 0 Å². The van der Waals surface area contributed by atoms with Gasteiger partial charge in [0.1, 0.15) is 11.2 Å². The molecule has 1 N–H and O–H groups in total. The molecular formula is C17H20N4O4. The number of methoxy groups -OCH3 is 1. The molecule has 25 heavy (non-hydrogen) atoms. The lowest BCUT2D eigenvalue weighted by Gasteiger charge is -2.27. The molecule has 132 valence electrons. The van der Waals surface area contributed by atoms with Gasteiger partial charge in [0, 0.05) is 19.0 Å². The highest BCUT2D eigenvalue weighted by molar-refractivity contribution is 5.88. The lowest BCUT2D eigenvalue weighted by Crippen LogP contribution is -2.53. The van der Waals surface area contributed by atoms with E-state index in [1.807, 2.05) is 6.07 Å². The van der Waals surface area contributed by atoms with Crippen molar-refractivity contribution in [3.63, 3.8) is 0 Å². The summed E-state index contributed by atoms with van der Waals surface area (Å²) >= 11 is 0. The summed E-state index contributed by atoms with van der Waals surface area (Å²) in [5.74, 6) is 0.130. The number of hydrogen-bond acceptors (Lipinski definition) is 7. The number of aryl methyl sites for hydroxylation is 1. The zero-order chi connectivity index (χ0) is 17.7. The topological polar surface area (TPSA) is 107 Å². The fraction of sp³-hybridized carbons (Fsp3) is 0.471. The molecule has 0 spiro atoms. The highest BCUT2D eigenvalue weighted by Crippen LogP contribution is 2.31. The SMILES string of the molecule is COC(=O)C1(NC(=O)CCc2nc(-c3ccccn3)no2)CCCC1. The number of aromatic nitrogens is 3. The molecule has 0 aliphatic heterocycles. The molecule has 2 aromatic rings.